The Balaban J connectivity index is 2.15. The highest BCUT2D eigenvalue weighted by atomic mass is 35.5. The van der Waals surface area contributed by atoms with E-state index in [1.807, 2.05) is 11.4 Å². The summed E-state index contributed by atoms with van der Waals surface area (Å²) >= 11 is 7.40. The summed E-state index contributed by atoms with van der Waals surface area (Å²) < 4.78 is 0. The molecule has 1 saturated heterocycles. The molecule has 1 aromatic rings. The summed E-state index contributed by atoms with van der Waals surface area (Å²) in [5, 5.41) is 5.48. The van der Waals surface area contributed by atoms with Gasteiger partial charge >= 0.3 is 0 Å². The molecule has 0 radical (unpaired) electrons. The van der Waals surface area contributed by atoms with Crippen molar-refractivity contribution in [3.63, 3.8) is 0 Å². The van der Waals surface area contributed by atoms with Crippen LogP contribution in [0.5, 0.6) is 0 Å². The molecule has 0 spiro atoms. The molecule has 2 heterocycles. The first kappa shape index (κ1) is 8.08. The predicted molar refractivity (Wildman–Crippen MR) is 49.7 cm³/mol. The first-order valence-electron chi connectivity index (χ1n) is 3.76. The van der Waals surface area contributed by atoms with E-state index in [9.17, 15) is 4.79 Å². The third-order valence-corrected chi connectivity index (χ3v) is 3.41. The maximum absolute atomic E-state index is 10.9. The minimum absolute atomic E-state index is 0.143. The Morgan fingerprint density at radius 3 is 3.00 bits per heavy atom. The van der Waals surface area contributed by atoms with Gasteiger partial charge in [-0.2, -0.15) is 0 Å². The smallest absolute Gasteiger partial charge is 0.220 e. The van der Waals surface area contributed by atoms with E-state index in [-0.39, 0.29) is 5.91 Å². The molecule has 1 fully saturated rings. The molecule has 4 heteroatoms. The van der Waals surface area contributed by atoms with E-state index < -0.39 is 0 Å². The van der Waals surface area contributed by atoms with Gasteiger partial charge in [-0.1, -0.05) is 11.6 Å². The lowest BCUT2D eigenvalue weighted by molar-refractivity contribution is -0.119. The molecule has 0 bridgehead atoms. The molecule has 2 nitrogen and oxygen atoms in total. The lowest BCUT2D eigenvalue weighted by Crippen LogP contribution is -2.13. The second-order valence-corrected chi connectivity index (χ2v) is 4.25. The van der Waals surface area contributed by atoms with Gasteiger partial charge in [0.15, 0.2) is 0 Å². The van der Waals surface area contributed by atoms with Gasteiger partial charge in [-0.25, -0.2) is 0 Å². The molecule has 2 rings (SSSR count). The van der Waals surface area contributed by atoms with Crippen LogP contribution in [0.1, 0.15) is 17.2 Å². The van der Waals surface area contributed by atoms with Gasteiger partial charge in [-0.15, -0.1) is 11.3 Å². The zero-order valence-corrected chi connectivity index (χ0v) is 7.91. The van der Waals surface area contributed by atoms with Gasteiger partial charge in [-0.3, -0.25) is 4.79 Å². The van der Waals surface area contributed by atoms with Crippen LogP contribution in [0.2, 0.25) is 5.02 Å². The maximum Gasteiger partial charge on any atom is 0.220 e. The van der Waals surface area contributed by atoms with Crippen LogP contribution >= 0.6 is 22.9 Å². The third-order valence-electron chi connectivity index (χ3n) is 1.97. The summed E-state index contributed by atoms with van der Waals surface area (Å²) in [5.41, 5.74) is 0. The van der Waals surface area contributed by atoms with E-state index in [2.05, 4.69) is 5.32 Å². The molecule has 1 aliphatic heterocycles. The summed E-state index contributed by atoms with van der Waals surface area (Å²) in [4.78, 5) is 12.1. The van der Waals surface area contributed by atoms with Crippen LogP contribution in [0.4, 0.5) is 0 Å². The SMILES string of the molecule is O=C1CC(c2cc(Cl)cs2)CN1. The molecule has 1 aliphatic rings. The number of halogens is 1. The van der Waals surface area contributed by atoms with Crippen LogP contribution in [-0.4, -0.2) is 12.5 Å². The van der Waals surface area contributed by atoms with E-state index >= 15 is 0 Å². The Morgan fingerprint density at radius 1 is 1.67 bits per heavy atom. The fourth-order valence-electron chi connectivity index (χ4n) is 1.35. The van der Waals surface area contributed by atoms with Gasteiger partial charge in [0.2, 0.25) is 5.91 Å². The Labute approximate surface area is 79.5 Å². The number of rotatable bonds is 1. The molecule has 0 aliphatic carbocycles. The van der Waals surface area contributed by atoms with Crippen molar-refractivity contribution in [1.29, 1.82) is 0 Å². The van der Waals surface area contributed by atoms with E-state index in [4.69, 9.17) is 11.6 Å². The van der Waals surface area contributed by atoms with Crippen molar-refractivity contribution in [1.82, 2.24) is 5.32 Å². The summed E-state index contributed by atoms with van der Waals surface area (Å²) in [6.07, 6.45) is 0.608. The molecule has 1 unspecified atom stereocenters. The van der Waals surface area contributed by atoms with Gasteiger partial charge in [-0.05, 0) is 6.07 Å². The first-order chi connectivity index (χ1) is 5.75. The van der Waals surface area contributed by atoms with E-state index in [0.717, 1.165) is 11.6 Å². The Morgan fingerprint density at radius 2 is 2.50 bits per heavy atom. The van der Waals surface area contributed by atoms with Crippen molar-refractivity contribution in [2.24, 2.45) is 0 Å². The highest BCUT2D eigenvalue weighted by molar-refractivity contribution is 7.10. The summed E-state index contributed by atoms with van der Waals surface area (Å²) in [5.74, 6) is 0.486. The Bertz CT molecular complexity index is 310. The monoisotopic (exact) mass is 201 g/mol. The number of hydrogen-bond donors (Lipinski definition) is 1. The van der Waals surface area contributed by atoms with Crippen molar-refractivity contribution in [3.05, 3.63) is 21.3 Å². The number of thiophene rings is 1. The van der Waals surface area contributed by atoms with Gasteiger partial charge in [0.25, 0.3) is 0 Å². The number of amides is 1. The standard InChI is InChI=1S/C8H8ClNOS/c9-6-2-7(12-4-6)5-1-8(11)10-3-5/h2,4-5H,1,3H2,(H,10,11). The van der Waals surface area contributed by atoms with Gasteiger partial charge in [0, 0.05) is 29.1 Å². The van der Waals surface area contributed by atoms with Gasteiger partial charge in [0.1, 0.15) is 0 Å². The second kappa shape index (κ2) is 3.07. The molecular formula is C8H8ClNOS. The third kappa shape index (κ3) is 1.47. The number of carbonyl (C=O) groups is 1. The van der Waals surface area contributed by atoms with Crippen LogP contribution < -0.4 is 5.32 Å². The minimum atomic E-state index is 0.143. The van der Waals surface area contributed by atoms with E-state index in [1.54, 1.807) is 11.3 Å². The predicted octanol–water partition coefficient (Wildman–Crippen LogP) is 2.01. The van der Waals surface area contributed by atoms with Crippen molar-refractivity contribution in [2.45, 2.75) is 12.3 Å². The largest absolute Gasteiger partial charge is 0.355 e. The molecule has 12 heavy (non-hydrogen) atoms. The van der Waals surface area contributed by atoms with Gasteiger partial charge in [0.05, 0.1) is 5.02 Å². The number of carbonyl (C=O) groups excluding carboxylic acids is 1. The normalized spacial score (nSPS) is 22.8. The highest BCUT2D eigenvalue weighted by Crippen LogP contribution is 2.30. The minimum Gasteiger partial charge on any atom is -0.355 e. The Hall–Kier alpha value is -0.540. The van der Waals surface area contributed by atoms with Gasteiger partial charge < -0.3 is 5.32 Å². The summed E-state index contributed by atoms with van der Waals surface area (Å²) in [6.45, 7) is 0.760. The maximum atomic E-state index is 10.9. The topological polar surface area (TPSA) is 29.1 Å². The van der Waals surface area contributed by atoms with Crippen LogP contribution in [0.15, 0.2) is 11.4 Å². The zero-order chi connectivity index (χ0) is 8.55. The molecule has 1 aromatic heterocycles. The lowest BCUT2D eigenvalue weighted by atomic mass is 10.1. The van der Waals surface area contributed by atoms with Crippen molar-refractivity contribution >= 4 is 28.8 Å². The molecular weight excluding hydrogens is 194 g/mol. The lowest BCUT2D eigenvalue weighted by Gasteiger charge is -2.00. The number of nitrogens with one attached hydrogen (secondary N) is 1. The average Bonchev–Trinajstić information content (AvgIpc) is 2.58. The van der Waals surface area contributed by atoms with Crippen LogP contribution in [-0.2, 0) is 4.79 Å². The zero-order valence-electron chi connectivity index (χ0n) is 6.34. The molecule has 1 atom stereocenters. The average molecular weight is 202 g/mol. The fraction of sp³-hybridized carbons (Fsp3) is 0.375. The van der Waals surface area contributed by atoms with Crippen molar-refractivity contribution < 1.29 is 4.79 Å². The van der Waals surface area contributed by atoms with E-state index in [0.29, 0.717) is 12.3 Å². The molecule has 0 aromatic carbocycles. The quantitative estimate of drug-likeness (QED) is 0.740. The summed E-state index contributed by atoms with van der Waals surface area (Å²) in [7, 11) is 0. The number of hydrogen-bond acceptors (Lipinski definition) is 2. The highest BCUT2D eigenvalue weighted by Gasteiger charge is 2.23. The second-order valence-electron chi connectivity index (χ2n) is 2.87. The Kier molecular flexibility index (Phi) is 2.07. The fourth-order valence-corrected chi connectivity index (χ4v) is 2.54. The van der Waals surface area contributed by atoms with Crippen LogP contribution in [0, 0.1) is 0 Å². The first-order valence-corrected chi connectivity index (χ1v) is 5.02. The molecule has 0 saturated carbocycles. The van der Waals surface area contributed by atoms with E-state index in [1.165, 1.54) is 4.88 Å². The molecule has 1 N–H and O–H groups in total. The molecule has 1 amide bonds. The van der Waals surface area contributed by atoms with Crippen molar-refractivity contribution in [3.8, 4) is 0 Å². The van der Waals surface area contributed by atoms with Crippen molar-refractivity contribution in [2.75, 3.05) is 6.54 Å². The van der Waals surface area contributed by atoms with Crippen LogP contribution in [0.3, 0.4) is 0 Å². The molecule has 64 valence electrons. The summed E-state index contributed by atoms with van der Waals surface area (Å²) in [6, 6.07) is 1.94. The van der Waals surface area contributed by atoms with Crippen LogP contribution in [0.25, 0.3) is 0 Å².